The van der Waals surface area contributed by atoms with E-state index in [2.05, 4.69) is 10.8 Å². The topological polar surface area (TPSA) is 83.5 Å². The van der Waals surface area contributed by atoms with Crippen LogP contribution in [0.25, 0.3) is 0 Å². The van der Waals surface area contributed by atoms with Crippen LogP contribution in [0.15, 0.2) is 12.7 Å². The molecule has 0 fully saturated rings. The van der Waals surface area contributed by atoms with Crippen LogP contribution in [-0.4, -0.2) is 29.2 Å². The van der Waals surface area contributed by atoms with Crippen LogP contribution in [0.3, 0.4) is 0 Å². The second kappa shape index (κ2) is 12.5. The first kappa shape index (κ1) is 19.1. The van der Waals surface area contributed by atoms with Gasteiger partial charge in [-0.05, 0) is 6.92 Å². The fourth-order valence-electron chi connectivity index (χ4n) is 0.139. The molecule has 0 aromatic rings. The Bertz CT molecular complexity index is 254. The van der Waals surface area contributed by atoms with Crippen molar-refractivity contribution in [3.05, 3.63) is 12.7 Å². The fourth-order valence-corrected chi connectivity index (χ4v) is 0.583. The Hall–Kier alpha value is 0.500. The molecular weight excluding hydrogens is 227 g/mol. The molecule has 5 nitrogen and oxygen atoms in total. The normalized spacial score (nSPS) is 8.46. The maximum absolute atomic E-state index is 9.60. The van der Waals surface area contributed by atoms with Gasteiger partial charge in [0.25, 0.3) is 0 Å². The van der Waals surface area contributed by atoms with Crippen molar-refractivity contribution >= 4 is 27.0 Å². The molecule has 0 bridgehead atoms. The Morgan fingerprint density at radius 3 is 2.23 bits per heavy atom. The molecule has 0 N–H and O–H groups in total. The number of hydrogen-bond donors (Lipinski definition) is 0. The van der Waals surface area contributed by atoms with Crippen molar-refractivity contribution in [3.8, 4) is 0 Å². The third-order valence-corrected chi connectivity index (χ3v) is 1.05. The average Bonchev–Trinajstić information content (AvgIpc) is 1.87. The van der Waals surface area contributed by atoms with Crippen LogP contribution in [0.5, 0.6) is 0 Å². The van der Waals surface area contributed by atoms with Gasteiger partial charge in [0.15, 0.2) is 0 Å². The average molecular weight is 236 g/mol. The van der Waals surface area contributed by atoms with Crippen LogP contribution in [-0.2, 0) is 25.8 Å². The molecule has 0 saturated carbocycles. The van der Waals surface area contributed by atoms with Gasteiger partial charge in [0.2, 0.25) is 10.4 Å². The molecule has 0 aromatic carbocycles. The predicted octanol–water partition coefficient (Wildman–Crippen LogP) is -3.33. The van der Waals surface area contributed by atoms with E-state index in [0.29, 0.717) is 0 Å². The summed E-state index contributed by atoms with van der Waals surface area (Å²) in [6.45, 7) is 4.78. The first-order valence-corrected chi connectivity index (χ1v) is 4.89. The maximum Gasteiger partial charge on any atom is 1.00 e. The Morgan fingerprint density at radius 2 is 2.00 bits per heavy atom. The molecule has 0 aliphatic heterocycles. The van der Waals surface area contributed by atoms with Gasteiger partial charge >= 0.3 is 29.6 Å². The Morgan fingerprint density at radius 1 is 1.62 bits per heavy atom. The Kier molecular flexibility index (Phi) is 18.4. The van der Waals surface area contributed by atoms with Crippen LogP contribution >= 0.6 is 0 Å². The van der Waals surface area contributed by atoms with Gasteiger partial charge in [-0.2, -0.15) is 0 Å². The Balaban J connectivity index is -0.000000220. The number of rotatable bonds is 3. The molecular formula is C5H9NaO5S2. The third-order valence-electron chi connectivity index (χ3n) is 0.348. The van der Waals surface area contributed by atoms with Crippen LogP contribution < -0.4 is 29.6 Å². The van der Waals surface area contributed by atoms with E-state index in [-0.39, 0.29) is 40.8 Å². The first-order chi connectivity index (χ1) is 5.47. The zero-order chi connectivity index (χ0) is 10.0. The predicted molar refractivity (Wildman–Crippen MR) is 45.7 cm³/mol. The van der Waals surface area contributed by atoms with E-state index in [9.17, 15) is 17.2 Å². The van der Waals surface area contributed by atoms with Gasteiger partial charge in [-0.25, -0.2) is 12.6 Å². The van der Waals surface area contributed by atoms with Crippen LogP contribution in [0.1, 0.15) is 6.92 Å². The summed E-state index contributed by atoms with van der Waals surface area (Å²) >= 11 is 0.0390. The van der Waals surface area contributed by atoms with Gasteiger partial charge in [0.05, 0.1) is 17.9 Å². The summed E-state index contributed by atoms with van der Waals surface area (Å²) in [5.74, 6) is 0. The van der Waals surface area contributed by atoms with Crippen LogP contribution in [0, 0.1) is 0 Å². The molecule has 13 heavy (non-hydrogen) atoms. The van der Waals surface area contributed by atoms with E-state index in [1.54, 1.807) is 6.08 Å². The molecule has 0 radical (unpaired) electrons. The van der Waals surface area contributed by atoms with Crippen LogP contribution in [0.4, 0.5) is 0 Å². The number of hydrogen-bond acceptors (Lipinski definition) is 5. The van der Waals surface area contributed by atoms with Crippen molar-refractivity contribution in [3.63, 3.8) is 0 Å². The SMILES string of the molecule is C=CC.O=S=CCOS(=O)(=O)[O-].[Na+]. The van der Waals surface area contributed by atoms with Crippen molar-refractivity contribution in [2.45, 2.75) is 6.92 Å². The van der Waals surface area contributed by atoms with Gasteiger partial charge in [0, 0.05) is 5.37 Å². The maximum atomic E-state index is 9.60. The molecule has 0 aliphatic carbocycles. The standard InChI is InChI=1S/C3H6.C2H4O5S2.Na/c1-3-2;3-8-2-1-7-9(4,5)6;/h3H,1H2,2H3;2H,1H2,(H,4,5,6);/q;;+1/p-1. The summed E-state index contributed by atoms with van der Waals surface area (Å²) in [7, 11) is -4.63. The van der Waals surface area contributed by atoms with E-state index in [4.69, 9.17) is 0 Å². The first-order valence-electron chi connectivity index (χ1n) is 2.75. The van der Waals surface area contributed by atoms with E-state index in [0.717, 1.165) is 5.37 Å². The minimum absolute atomic E-state index is 0. The molecule has 0 aliphatic rings. The van der Waals surface area contributed by atoms with E-state index in [1.165, 1.54) is 0 Å². The van der Waals surface area contributed by atoms with Gasteiger partial charge < -0.3 is 4.55 Å². The van der Waals surface area contributed by atoms with Crippen molar-refractivity contribution in [1.82, 2.24) is 0 Å². The second-order valence-corrected chi connectivity index (χ2v) is 2.94. The summed E-state index contributed by atoms with van der Waals surface area (Å²) in [6, 6.07) is 0. The van der Waals surface area contributed by atoms with Crippen LogP contribution in [0.2, 0.25) is 0 Å². The van der Waals surface area contributed by atoms with Gasteiger partial charge in [-0.3, -0.25) is 4.18 Å². The summed E-state index contributed by atoms with van der Waals surface area (Å²) in [4.78, 5) is 0. The molecule has 0 heterocycles. The minimum Gasteiger partial charge on any atom is -0.726 e. The number of allylic oxidation sites excluding steroid dienone is 1. The molecule has 0 spiro atoms. The quantitative estimate of drug-likeness (QED) is 0.168. The summed E-state index contributed by atoms with van der Waals surface area (Å²) in [5, 5.41) is 0.912. The summed E-state index contributed by atoms with van der Waals surface area (Å²) < 4.78 is 41.9. The monoisotopic (exact) mass is 236 g/mol. The Labute approximate surface area is 103 Å². The van der Waals surface area contributed by atoms with Crippen molar-refractivity contribution in [2.75, 3.05) is 6.61 Å². The molecule has 0 amide bonds. The molecule has 0 aromatic heterocycles. The fraction of sp³-hybridized carbons (Fsp3) is 0.400. The molecule has 0 unspecified atom stereocenters. The van der Waals surface area contributed by atoms with Gasteiger partial charge in [0.1, 0.15) is 0 Å². The smallest absolute Gasteiger partial charge is 0.726 e. The second-order valence-electron chi connectivity index (χ2n) is 1.36. The van der Waals surface area contributed by atoms with Crippen molar-refractivity contribution in [2.24, 2.45) is 0 Å². The van der Waals surface area contributed by atoms with E-state index < -0.39 is 17.0 Å². The molecule has 72 valence electrons. The van der Waals surface area contributed by atoms with Gasteiger partial charge in [-0.1, -0.05) is 6.08 Å². The third kappa shape index (κ3) is 32.6. The molecule has 8 heteroatoms. The zero-order valence-electron chi connectivity index (χ0n) is 7.43. The zero-order valence-corrected chi connectivity index (χ0v) is 11.1. The minimum atomic E-state index is -4.63. The molecule has 0 atom stereocenters. The summed E-state index contributed by atoms with van der Waals surface area (Å²) in [6.07, 6.45) is 1.75. The largest absolute Gasteiger partial charge is 1.00 e. The van der Waals surface area contributed by atoms with E-state index in [1.807, 2.05) is 6.92 Å². The van der Waals surface area contributed by atoms with Crippen molar-refractivity contribution < 1.29 is 50.9 Å². The molecule has 0 rings (SSSR count). The van der Waals surface area contributed by atoms with E-state index >= 15 is 0 Å². The van der Waals surface area contributed by atoms with Gasteiger partial charge in [-0.15, -0.1) is 6.58 Å². The summed E-state index contributed by atoms with van der Waals surface area (Å²) in [5.41, 5.74) is 0. The molecule has 0 saturated heterocycles. The van der Waals surface area contributed by atoms with Crippen molar-refractivity contribution in [1.29, 1.82) is 0 Å².